The second-order valence-corrected chi connectivity index (χ2v) is 8.74. The zero-order valence-electron chi connectivity index (χ0n) is 16.5. The number of nitrogens with zero attached hydrogens (tertiary/aromatic N) is 1. The Bertz CT molecular complexity index is 1130. The molecule has 0 spiro atoms. The number of carbonyl (C=O) groups excluding carboxylic acids is 1. The van der Waals surface area contributed by atoms with Gasteiger partial charge < -0.3 is 10.1 Å². The maximum Gasteiger partial charge on any atom is 0.264 e. The molecule has 0 bridgehead atoms. The predicted molar refractivity (Wildman–Crippen MR) is 119 cm³/mol. The van der Waals surface area contributed by atoms with Gasteiger partial charge in [0.15, 0.2) is 0 Å². The van der Waals surface area contributed by atoms with Gasteiger partial charge >= 0.3 is 0 Å². The van der Waals surface area contributed by atoms with Gasteiger partial charge in [-0.2, -0.15) is 0 Å². The number of halogens is 1. The number of rotatable bonds is 7. The number of benzene rings is 3. The molecule has 1 N–H and O–H groups in total. The van der Waals surface area contributed by atoms with Gasteiger partial charge in [-0.3, -0.25) is 9.10 Å². The maximum atomic E-state index is 12.9. The zero-order chi connectivity index (χ0) is 21.7. The molecule has 0 saturated carbocycles. The van der Waals surface area contributed by atoms with Crippen LogP contribution in [0.25, 0.3) is 0 Å². The third kappa shape index (κ3) is 4.75. The summed E-state index contributed by atoms with van der Waals surface area (Å²) in [5.74, 6) is 0.250. The summed E-state index contributed by atoms with van der Waals surface area (Å²) in [4.78, 5) is 12.9. The van der Waals surface area contributed by atoms with Crippen LogP contribution in [0.4, 0.5) is 11.4 Å². The Balaban J connectivity index is 1.85. The zero-order valence-corrected chi connectivity index (χ0v) is 18.1. The monoisotopic (exact) mass is 444 g/mol. The van der Waals surface area contributed by atoms with Crippen LogP contribution < -0.4 is 14.4 Å². The molecule has 8 heteroatoms. The Hall–Kier alpha value is -3.03. The van der Waals surface area contributed by atoms with Crippen molar-refractivity contribution in [2.24, 2.45) is 0 Å². The SMILES string of the molecule is CCOc1ccc(NC(=O)c2cc(N(C)S(=O)(=O)c3ccccc3)ccc2Cl)cc1. The van der Waals surface area contributed by atoms with Crippen molar-refractivity contribution < 1.29 is 17.9 Å². The summed E-state index contributed by atoms with van der Waals surface area (Å²) in [7, 11) is -2.34. The first-order valence-corrected chi connectivity index (χ1v) is 11.0. The van der Waals surface area contributed by atoms with E-state index < -0.39 is 15.9 Å². The second kappa shape index (κ2) is 9.19. The average Bonchev–Trinajstić information content (AvgIpc) is 2.75. The van der Waals surface area contributed by atoms with Crippen LogP contribution in [0.2, 0.25) is 5.02 Å². The van der Waals surface area contributed by atoms with Crippen LogP contribution in [-0.2, 0) is 10.0 Å². The molecule has 3 aromatic rings. The van der Waals surface area contributed by atoms with Crippen molar-refractivity contribution in [2.75, 3.05) is 23.3 Å². The molecule has 0 atom stereocenters. The number of hydrogen-bond donors (Lipinski definition) is 1. The van der Waals surface area contributed by atoms with Crippen LogP contribution in [0, 0.1) is 0 Å². The van der Waals surface area contributed by atoms with Crippen LogP contribution in [0.1, 0.15) is 17.3 Å². The number of amides is 1. The third-order valence-corrected chi connectivity index (χ3v) is 6.51. The molecule has 3 aromatic carbocycles. The molecule has 0 aliphatic carbocycles. The molecule has 0 saturated heterocycles. The van der Waals surface area contributed by atoms with Crippen LogP contribution in [0.5, 0.6) is 5.75 Å². The summed E-state index contributed by atoms with van der Waals surface area (Å²) < 4.78 is 32.2. The van der Waals surface area contributed by atoms with E-state index in [4.69, 9.17) is 16.3 Å². The number of sulfonamides is 1. The smallest absolute Gasteiger partial charge is 0.264 e. The van der Waals surface area contributed by atoms with E-state index in [1.54, 1.807) is 48.5 Å². The van der Waals surface area contributed by atoms with Gasteiger partial charge in [-0.05, 0) is 61.5 Å². The van der Waals surface area contributed by atoms with E-state index in [0.29, 0.717) is 23.7 Å². The Morgan fingerprint density at radius 3 is 2.33 bits per heavy atom. The van der Waals surface area contributed by atoms with Crippen LogP contribution in [-0.4, -0.2) is 28.0 Å². The molecule has 0 fully saturated rings. The average molecular weight is 445 g/mol. The third-order valence-electron chi connectivity index (χ3n) is 4.38. The number of anilines is 2. The van der Waals surface area contributed by atoms with Gasteiger partial charge in [0.05, 0.1) is 27.8 Å². The quantitative estimate of drug-likeness (QED) is 0.567. The highest BCUT2D eigenvalue weighted by Crippen LogP contribution is 2.27. The summed E-state index contributed by atoms with van der Waals surface area (Å²) in [6.07, 6.45) is 0. The maximum absolute atomic E-state index is 12.9. The van der Waals surface area contributed by atoms with Crippen molar-refractivity contribution in [1.29, 1.82) is 0 Å². The predicted octanol–water partition coefficient (Wildman–Crippen LogP) is 4.82. The summed E-state index contributed by atoms with van der Waals surface area (Å²) in [6.45, 7) is 2.44. The number of ether oxygens (including phenoxy) is 1. The highest BCUT2D eigenvalue weighted by Gasteiger charge is 2.22. The van der Waals surface area contributed by atoms with E-state index in [0.717, 1.165) is 4.31 Å². The lowest BCUT2D eigenvalue weighted by atomic mass is 10.1. The van der Waals surface area contributed by atoms with E-state index in [2.05, 4.69) is 5.32 Å². The van der Waals surface area contributed by atoms with Crippen molar-refractivity contribution in [2.45, 2.75) is 11.8 Å². The highest BCUT2D eigenvalue weighted by atomic mass is 35.5. The van der Waals surface area contributed by atoms with E-state index in [1.165, 1.54) is 31.3 Å². The van der Waals surface area contributed by atoms with Gasteiger partial charge in [-0.1, -0.05) is 29.8 Å². The number of hydrogen-bond acceptors (Lipinski definition) is 4. The minimum absolute atomic E-state index is 0.155. The fourth-order valence-corrected chi connectivity index (χ4v) is 4.18. The lowest BCUT2D eigenvalue weighted by molar-refractivity contribution is 0.102. The van der Waals surface area contributed by atoms with E-state index >= 15 is 0 Å². The molecule has 0 radical (unpaired) electrons. The molecule has 0 unspecified atom stereocenters. The van der Waals surface area contributed by atoms with Gasteiger partial charge in [0.25, 0.3) is 15.9 Å². The minimum Gasteiger partial charge on any atom is -0.494 e. The molecule has 0 aliphatic heterocycles. The molecule has 156 valence electrons. The van der Waals surface area contributed by atoms with Crippen molar-refractivity contribution in [3.05, 3.63) is 83.4 Å². The largest absolute Gasteiger partial charge is 0.494 e. The molecule has 0 heterocycles. The van der Waals surface area contributed by atoms with Crippen molar-refractivity contribution in [3.8, 4) is 5.75 Å². The first-order chi connectivity index (χ1) is 14.3. The van der Waals surface area contributed by atoms with Crippen LogP contribution in [0.3, 0.4) is 0 Å². The van der Waals surface area contributed by atoms with E-state index in [9.17, 15) is 13.2 Å². The Labute approximate surface area is 181 Å². The first kappa shape index (κ1) is 21.7. The summed E-state index contributed by atoms with van der Waals surface area (Å²) in [5.41, 5.74) is 1.05. The van der Waals surface area contributed by atoms with Crippen molar-refractivity contribution in [3.63, 3.8) is 0 Å². The first-order valence-electron chi connectivity index (χ1n) is 9.20. The summed E-state index contributed by atoms with van der Waals surface area (Å²) in [6, 6.07) is 19.5. The minimum atomic E-state index is -3.77. The van der Waals surface area contributed by atoms with Gasteiger partial charge in [-0.15, -0.1) is 0 Å². The Morgan fingerprint density at radius 1 is 1.03 bits per heavy atom. The number of carbonyl (C=O) groups is 1. The van der Waals surface area contributed by atoms with E-state index in [-0.39, 0.29) is 15.5 Å². The van der Waals surface area contributed by atoms with Crippen molar-refractivity contribution in [1.82, 2.24) is 0 Å². The van der Waals surface area contributed by atoms with Gasteiger partial charge in [0, 0.05) is 12.7 Å². The molecule has 3 rings (SSSR count). The molecular weight excluding hydrogens is 424 g/mol. The van der Waals surface area contributed by atoms with Crippen molar-refractivity contribution >= 4 is 38.9 Å². The lowest BCUT2D eigenvalue weighted by Gasteiger charge is -2.20. The van der Waals surface area contributed by atoms with Gasteiger partial charge in [0.1, 0.15) is 5.75 Å². The molecular formula is C22H21ClN2O4S. The fraction of sp³-hybridized carbons (Fsp3) is 0.136. The Kier molecular flexibility index (Phi) is 6.64. The van der Waals surface area contributed by atoms with Crippen LogP contribution in [0.15, 0.2) is 77.7 Å². The summed E-state index contributed by atoms with van der Waals surface area (Å²) in [5, 5.41) is 2.97. The van der Waals surface area contributed by atoms with Gasteiger partial charge in [0.2, 0.25) is 0 Å². The molecule has 0 aliphatic rings. The highest BCUT2D eigenvalue weighted by molar-refractivity contribution is 7.92. The fourth-order valence-electron chi connectivity index (χ4n) is 2.77. The topological polar surface area (TPSA) is 75.7 Å². The summed E-state index contributed by atoms with van der Waals surface area (Å²) >= 11 is 6.21. The standard InChI is InChI=1S/C22H21ClN2O4S/c1-3-29-18-12-9-16(10-13-18)24-22(26)20-15-17(11-14-21(20)23)25(2)30(27,28)19-7-5-4-6-8-19/h4-15H,3H2,1-2H3,(H,24,26). The molecule has 6 nitrogen and oxygen atoms in total. The Morgan fingerprint density at radius 2 is 1.70 bits per heavy atom. The van der Waals surface area contributed by atoms with Crippen LogP contribution >= 0.6 is 11.6 Å². The molecule has 0 aromatic heterocycles. The molecule has 30 heavy (non-hydrogen) atoms. The molecule has 1 amide bonds. The second-order valence-electron chi connectivity index (χ2n) is 6.36. The number of nitrogens with one attached hydrogen (secondary N) is 1. The lowest BCUT2D eigenvalue weighted by Crippen LogP contribution is -2.27. The normalized spacial score (nSPS) is 11.0. The van der Waals surface area contributed by atoms with E-state index in [1.807, 2.05) is 6.92 Å². The van der Waals surface area contributed by atoms with Gasteiger partial charge in [-0.25, -0.2) is 8.42 Å².